The molecule has 1 fully saturated rings. The zero-order valence-corrected chi connectivity index (χ0v) is 9.83. The maximum Gasteiger partial charge on any atom is 0.324 e. The lowest BCUT2D eigenvalue weighted by atomic mass is 9.79. The lowest BCUT2D eigenvalue weighted by Crippen LogP contribution is -2.14. The Bertz CT molecular complexity index is 458. The molecule has 1 aliphatic carbocycles. The van der Waals surface area contributed by atoms with Crippen LogP contribution in [0.4, 0.5) is 11.5 Å². The average Bonchev–Trinajstić information content (AvgIpc) is 2.07. The summed E-state index contributed by atoms with van der Waals surface area (Å²) in [5.74, 6) is 0.315. The van der Waals surface area contributed by atoms with Crippen LogP contribution in [-0.2, 0) is 0 Å². The summed E-state index contributed by atoms with van der Waals surface area (Å²) in [7, 11) is 0. The number of hydrogen-bond acceptors (Lipinski definition) is 5. The molecule has 0 amide bonds. The first-order chi connectivity index (χ1) is 7.52. The quantitative estimate of drug-likeness (QED) is 0.472. The Morgan fingerprint density at radius 2 is 2.19 bits per heavy atom. The molecule has 1 saturated carbocycles. The summed E-state index contributed by atoms with van der Waals surface area (Å²) >= 11 is 4.26. The van der Waals surface area contributed by atoms with Crippen LogP contribution in [0.25, 0.3) is 0 Å². The molecule has 0 aromatic carbocycles. The van der Waals surface area contributed by atoms with Crippen LogP contribution in [0.1, 0.15) is 36.4 Å². The van der Waals surface area contributed by atoms with E-state index >= 15 is 0 Å². The molecule has 5 nitrogen and oxygen atoms in total. The molecular weight excluding hydrogens is 226 g/mol. The Morgan fingerprint density at radius 1 is 1.56 bits per heavy atom. The van der Waals surface area contributed by atoms with Crippen molar-refractivity contribution in [1.29, 1.82) is 0 Å². The molecule has 1 aromatic rings. The van der Waals surface area contributed by atoms with E-state index in [0.717, 1.165) is 30.5 Å². The van der Waals surface area contributed by atoms with Gasteiger partial charge in [0.15, 0.2) is 0 Å². The Hall–Kier alpha value is -1.30. The van der Waals surface area contributed by atoms with Gasteiger partial charge in [-0.3, -0.25) is 10.1 Å². The van der Waals surface area contributed by atoms with Gasteiger partial charge in [-0.15, -0.1) is 12.6 Å². The largest absolute Gasteiger partial charge is 0.378 e. The highest BCUT2D eigenvalue weighted by atomic mass is 32.1. The molecule has 0 bridgehead atoms. The number of nitrogens with two attached hydrogens (primary N) is 1. The minimum Gasteiger partial charge on any atom is -0.378 e. The molecule has 0 aliphatic heterocycles. The zero-order chi connectivity index (χ0) is 11.9. The molecule has 1 heterocycles. The Morgan fingerprint density at radius 3 is 2.62 bits per heavy atom. The van der Waals surface area contributed by atoms with Gasteiger partial charge in [-0.05, 0) is 31.2 Å². The van der Waals surface area contributed by atoms with E-state index in [1.165, 1.54) is 0 Å². The minimum absolute atomic E-state index is 0.0458. The van der Waals surface area contributed by atoms with Gasteiger partial charge in [0.1, 0.15) is 0 Å². The molecule has 0 atom stereocenters. The third-order valence-corrected chi connectivity index (χ3v) is 3.55. The second kappa shape index (κ2) is 3.93. The number of thiol groups is 1. The maximum absolute atomic E-state index is 10.9. The van der Waals surface area contributed by atoms with Crippen LogP contribution in [-0.4, -0.2) is 9.91 Å². The monoisotopic (exact) mass is 239 g/mol. The molecule has 2 rings (SSSR count). The zero-order valence-electron chi connectivity index (χ0n) is 8.93. The average molecular weight is 239 g/mol. The number of rotatable bonds is 2. The molecule has 0 radical (unpaired) electrons. The van der Waals surface area contributed by atoms with Crippen LogP contribution in [0, 0.1) is 17.0 Å². The van der Waals surface area contributed by atoms with E-state index in [2.05, 4.69) is 17.6 Å². The first-order valence-electron chi connectivity index (χ1n) is 5.15. The molecular formula is C10H13N3O2S. The number of aryl methyl sites for hydroxylation is 1. The fourth-order valence-corrected chi connectivity index (χ4v) is 2.62. The van der Waals surface area contributed by atoms with Gasteiger partial charge in [0.05, 0.1) is 9.82 Å². The van der Waals surface area contributed by atoms with Gasteiger partial charge in [-0.25, -0.2) is 4.98 Å². The van der Waals surface area contributed by atoms with Crippen molar-refractivity contribution in [1.82, 2.24) is 4.98 Å². The van der Waals surface area contributed by atoms with Crippen molar-refractivity contribution in [3.05, 3.63) is 21.4 Å². The molecule has 0 unspecified atom stereocenters. The Kier molecular flexibility index (Phi) is 2.75. The minimum atomic E-state index is -0.508. The summed E-state index contributed by atoms with van der Waals surface area (Å²) in [6.07, 6.45) is 3.27. The van der Waals surface area contributed by atoms with Gasteiger partial charge in [0, 0.05) is 5.69 Å². The first-order valence-corrected chi connectivity index (χ1v) is 5.60. The van der Waals surface area contributed by atoms with Gasteiger partial charge in [0.25, 0.3) is 0 Å². The van der Waals surface area contributed by atoms with E-state index in [0.29, 0.717) is 10.8 Å². The van der Waals surface area contributed by atoms with Crippen LogP contribution >= 0.6 is 12.6 Å². The van der Waals surface area contributed by atoms with E-state index < -0.39 is 4.92 Å². The summed E-state index contributed by atoms with van der Waals surface area (Å²) in [6.45, 7) is 1.83. The second-order valence-electron chi connectivity index (χ2n) is 4.08. The summed E-state index contributed by atoms with van der Waals surface area (Å²) in [5, 5.41) is 10.9. The molecule has 0 saturated heterocycles. The van der Waals surface area contributed by atoms with E-state index in [-0.39, 0.29) is 11.5 Å². The van der Waals surface area contributed by atoms with Gasteiger partial charge in [-0.2, -0.15) is 0 Å². The van der Waals surface area contributed by atoms with Crippen molar-refractivity contribution in [3.8, 4) is 0 Å². The van der Waals surface area contributed by atoms with Gasteiger partial charge in [-0.1, -0.05) is 6.42 Å². The smallest absolute Gasteiger partial charge is 0.324 e. The van der Waals surface area contributed by atoms with E-state index in [4.69, 9.17) is 5.73 Å². The second-order valence-corrected chi connectivity index (χ2v) is 4.53. The van der Waals surface area contributed by atoms with Crippen molar-refractivity contribution in [2.24, 2.45) is 0 Å². The number of nitrogen functional groups attached to an aromatic ring is 1. The van der Waals surface area contributed by atoms with Gasteiger partial charge in [0.2, 0.25) is 5.82 Å². The summed E-state index contributed by atoms with van der Waals surface area (Å²) < 4.78 is 0. The van der Waals surface area contributed by atoms with Crippen LogP contribution in [0.5, 0.6) is 0 Å². The normalized spacial score (nSPS) is 15.9. The number of aromatic nitrogens is 1. The van der Waals surface area contributed by atoms with Crippen LogP contribution in [0.3, 0.4) is 0 Å². The molecule has 16 heavy (non-hydrogen) atoms. The van der Waals surface area contributed by atoms with Crippen LogP contribution in [0.15, 0.2) is 4.90 Å². The highest BCUT2D eigenvalue weighted by Gasteiger charge is 2.30. The number of nitro groups is 1. The van der Waals surface area contributed by atoms with Gasteiger partial charge >= 0.3 is 5.69 Å². The number of pyridine rings is 1. The first kappa shape index (κ1) is 11.2. The van der Waals surface area contributed by atoms with Crippen molar-refractivity contribution in [2.75, 3.05) is 5.73 Å². The highest BCUT2D eigenvalue weighted by molar-refractivity contribution is 7.80. The third-order valence-electron chi connectivity index (χ3n) is 3.10. The highest BCUT2D eigenvalue weighted by Crippen LogP contribution is 2.44. The maximum atomic E-state index is 10.9. The van der Waals surface area contributed by atoms with Crippen molar-refractivity contribution in [3.63, 3.8) is 0 Å². The number of hydrogen-bond donors (Lipinski definition) is 2. The van der Waals surface area contributed by atoms with Crippen molar-refractivity contribution < 1.29 is 4.92 Å². The molecule has 1 aliphatic rings. The fraction of sp³-hybridized carbons (Fsp3) is 0.500. The Labute approximate surface area is 98.6 Å². The predicted octanol–water partition coefficient (Wildman–Crippen LogP) is 2.44. The summed E-state index contributed by atoms with van der Waals surface area (Å²) in [4.78, 5) is 14.8. The van der Waals surface area contributed by atoms with Gasteiger partial charge < -0.3 is 5.73 Å². The SMILES string of the molecule is Cc1nc(N)c([N+](=O)[O-])c(S)c1C1CCC1. The lowest BCUT2D eigenvalue weighted by molar-refractivity contribution is -0.387. The molecule has 86 valence electrons. The topological polar surface area (TPSA) is 82.0 Å². The van der Waals surface area contributed by atoms with E-state index in [9.17, 15) is 10.1 Å². The summed E-state index contributed by atoms with van der Waals surface area (Å²) in [5.41, 5.74) is 7.05. The molecule has 0 spiro atoms. The fourth-order valence-electron chi connectivity index (χ4n) is 2.08. The summed E-state index contributed by atoms with van der Waals surface area (Å²) in [6, 6.07) is 0. The van der Waals surface area contributed by atoms with Crippen molar-refractivity contribution >= 4 is 24.1 Å². The molecule has 1 aromatic heterocycles. The lowest BCUT2D eigenvalue weighted by Gasteiger charge is -2.28. The Balaban J connectivity index is 2.59. The van der Waals surface area contributed by atoms with Crippen LogP contribution < -0.4 is 5.73 Å². The van der Waals surface area contributed by atoms with E-state index in [1.54, 1.807) is 0 Å². The van der Waals surface area contributed by atoms with Crippen molar-refractivity contribution in [2.45, 2.75) is 37.0 Å². The molecule has 2 N–H and O–H groups in total. The van der Waals surface area contributed by atoms with Crippen LogP contribution in [0.2, 0.25) is 0 Å². The number of anilines is 1. The third kappa shape index (κ3) is 1.63. The molecule has 6 heteroatoms. The predicted molar refractivity (Wildman–Crippen MR) is 63.9 cm³/mol. The van der Waals surface area contributed by atoms with E-state index in [1.807, 2.05) is 6.92 Å². The number of nitrogens with zero attached hydrogens (tertiary/aromatic N) is 2. The standard InChI is InChI=1S/C10H13N3O2S/c1-5-7(6-3-2-4-6)9(16)8(13(14)15)10(11)12-5/h6H,2-4H2,1H3,(H3,11,12,16).